The van der Waals surface area contributed by atoms with Crippen molar-refractivity contribution < 1.29 is 0 Å². The van der Waals surface area contributed by atoms with E-state index in [1.807, 2.05) is 24.3 Å². The van der Waals surface area contributed by atoms with Gasteiger partial charge in [-0.15, -0.1) is 0 Å². The molecular weight excluding hydrogens is 773 g/mol. The predicted molar refractivity (Wildman–Crippen MR) is 270 cm³/mol. The van der Waals surface area contributed by atoms with Gasteiger partial charge in [0.15, 0.2) is 5.82 Å². The zero-order valence-corrected chi connectivity index (χ0v) is 35.0. The van der Waals surface area contributed by atoms with Gasteiger partial charge in [0.05, 0.1) is 11.4 Å². The molecule has 1 heterocycles. The molecule has 2 nitrogen and oxygen atoms in total. The molecule has 0 radical (unpaired) electrons. The summed E-state index contributed by atoms with van der Waals surface area (Å²) in [5, 5.41) is 10.1. The van der Waals surface area contributed by atoms with Crippen LogP contribution >= 0.6 is 0 Å². The lowest BCUT2D eigenvalue weighted by atomic mass is 9.86. The van der Waals surface area contributed by atoms with Crippen LogP contribution in [0.3, 0.4) is 0 Å². The van der Waals surface area contributed by atoms with E-state index in [1.54, 1.807) is 0 Å². The standard InChI is InChI=1S/C62H40N2/c1-3-13-41(14-4-1)42-25-31-47(32-26-42)59-40-60(64-62(63-59)49-16-5-2-6-17-49)48-33-27-44(28-34-48)43-23-29-46(30-24-43)52-37-38-56(55-22-12-11-21-54(52)55)61-53-20-10-8-18-50(53)39-58-51-19-9-7-15-45(51)35-36-57(58)61/h1-40H. The second kappa shape index (κ2) is 15.8. The van der Waals surface area contributed by atoms with Crippen LogP contribution in [0.2, 0.25) is 0 Å². The average Bonchev–Trinajstić information content (AvgIpc) is 3.38. The van der Waals surface area contributed by atoms with Gasteiger partial charge in [-0.2, -0.15) is 0 Å². The van der Waals surface area contributed by atoms with Crippen molar-refractivity contribution in [1.29, 1.82) is 0 Å². The summed E-state index contributed by atoms with van der Waals surface area (Å²) in [5.41, 5.74) is 14.5. The van der Waals surface area contributed by atoms with Crippen molar-refractivity contribution in [2.75, 3.05) is 0 Å². The summed E-state index contributed by atoms with van der Waals surface area (Å²) in [6.07, 6.45) is 0. The molecule has 12 rings (SSSR count). The van der Waals surface area contributed by atoms with Crippen LogP contribution in [-0.4, -0.2) is 9.97 Å². The second-order valence-corrected chi connectivity index (χ2v) is 16.5. The maximum atomic E-state index is 5.09. The van der Waals surface area contributed by atoms with E-state index >= 15 is 0 Å². The van der Waals surface area contributed by atoms with Gasteiger partial charge >= 0.3 is 0 Å². The first-order valence-electron chi connectivity index (χ1n) is 21.9. The number of rotatable bonds is 7. The summed E-state index contributed by atoms with van der Waals surface area (Å²) in [7, 11) is 0. The van der Waals surface area contributed by atoms with Gasteiger partial charge in [0.1, 0.15) is 0 Å². The maximum Gasteiger partial charge on any atom is 0.160 e. The van der Waals surface area contributed by atoms with E-state index in [0.29, 0.717) is 5.82 Å². The zero-order chi connectivity index (χ0) is 42.4. The highest BCUT2D eigenvalue weighted by Gasteiger charge is 2.17. The molecule has 11 aromatic carbocycles. The third kappa shape index (κ3) is 6.70. The minimum atomic E-state index is 0.708. The lowest BCUT2D eigenvalue weighted by Gasteiger charge is -2.17. The lowest BCUT2D eigenvalue weighted by Crippen LogP contribution is -1.96. The predicted octanol–water partition coefficient (Wildman–Crippen LogP) is 16.8. The normalized spacial score (nSPS) is 11.4. The molecule has 2 heteroatoms. The van der Waals surface area contributed by atoms with Gasteiger partial charge in [-0.25, -0.2) is 9.97 Å². The van der Waals surface area contributed by atoms with E-state index in [4.69, 9.17) is 9.97 Å². The Morgan fingerprint density at radius 1 is 0.219 bits per heavy atom. The fourth-order valence-electron chi connectivity index (χ4n) is 9.48. The van der Waals surface area contributed by atoms with Gasteiger partial charge in [0, 0.05) is 16.7 Å². The van der Waals surface area contributed by atoms with Gasteiger partial charge in [0.25, 0.3) is 0 Å². The van der Waals surface area contributed by atoms with E-state index in [-0.39, 0.29) is 0 Å². The highest BCUT2D eigenvalue weighted by Crippen LogP contribution is 2.44. The first kappa shape index (κ1) is 37.3. The van der Waals surface area contributed by atoms with Crippen molar-refractivity contribution in [3.8, 4) is 78.4 Å². The molecular formula is C62H40N2. The highest BCUT2D eigenvalue weighted by molar-refractivity contribution is 6.23. The number of fused-ring (bicyclic) bond motifs is 5. The van der Waals surface area contributed by atoms with Gasteiger partial charge < -0.3 is 0 Å². The molecule has 64 heavy (non-hydrogen) atoms. The molecule has 0 spiro atoms. The Kier molecular flexibility index (Phi) is 9.20. The summed E-state index contributed by atoms with van der Waals surface area (Å²) < 4.78 is 0. The lowest BCUT2D eigenvalue weighted by molar-refractivity contribution is 1.18. The van der Waals surface area contributed by atoms with Crippen molar-refractivity contribution in [2.24, 2.45) is 0 Å². The van der Waals surface area contributed by atoms with E-state index in [1.165, 1.54) is 76.5 Å². The highest BCUT2D eigenvalue weighted by atomic mass is 14.9. The minimum Gasteiger partial charge on any atom is -0.228 e. The van der Waals surface area contributed by atoms with Crippen LogP contribution < -0.4 is 0 Å². The monoisotopic (exact) mass is 812 g/mol. The van der Waals surface area contributed by atoms with Crippen LogP contribution in [0.4, 0.5) is 0 Å². The van der Waals surface area contributed by atoms with Crippen LogP contribution in [0.1, 0.15) is 0 Å². The van der Waals surface area contributed by atoms with Crippen molar-refractivity contribution in [2.45, 2.75) is 0 Å². The molecule has 0 unspecified atom stereocenters. The Labute approximate surface area is 372 Å². The maximum absolute atomic E-state index is 5.09. The molecule has 0 aliphatic carbocycles. The fourth-order valence-corrected chi connectivity index (χ4v) is 9.48. The summed E-state index contributed by atoms with van der Waals surface area (Å²) in [6, 6.07) is 87.2. The smallest absolute Gasteiger partial charge is 0.160 e. The summed E-state index contributed by atoms with van der Waals surface area (Å²) in [5.74, 6) is 0.708. The topological polar surface area (TPSA) is 25.8 Å². The fraction of sp³-hybridized carbons (Fsp3) is 0. The van der Waals surface area contributed by atoms with Gasteiger partial charge in [-0.1, -0.05) is 231 Å². The molecule has 1 aromatic heterocycles. The number of nitrogens with zero attached hydrogens (tertiary/aromatic N) is 2. The minimum absolute atomic E-state index is 0.708. The van der Waals surface area contributed by atoms with Crippen LogP contribution in [0.25, 0.3) is 122 Å². The number of aromatic nitrogens is 2. The van der Waals surface area contributed by atoms with Crippen LogP contribution in [0.15, 0.2) is 243 Å². The van der Waals surface area contributed by atoms with Gasteiger partial charge in [-0.05, 0) is 99.7 Å². The van der Waals surface area contributed by atoms with Crippen LogP contribution in [-0.2, 0) is 0 Å². The first-order valence-corrected chi connectivity index (χ1v) is 21.9. The largest absolute Gasteiger partial charge is 0.228 e. The quantitative estimate of drug-likeness (QED) is 0.118. The summed E-state index contributed by atoms with van der Waals surface area (Å²) in [4.78, 5) is 10.2. The Hall–Kier alpha value is -8.46. The molecule has 298 valence electrons. The molecule has 12 aromatic rings. The van der Waals surface area contributed by atoms with Crippen LogP contribution in [0, 0.1) is 0 Å². The van der Waals surface area contributed by atoms with E-state index in [0.717, 1.165) is 39.2 Å². The van der Waals surface area contributed by atoms with E-state index in [2.05, 4.69) is 218 Å². The molecule has 0 atom stereocenters. The van der Waals surface area contributed by atoms with Crippen LogP contribution in [0.5, 0.6) is 0 Å². The SMILES string of the molecule is c1ccc(-c2ccc(-c3cc(-c4ccc(-c5ccc(-c6ccc(-c7c8ccccc8cc8c7ccc7ccccc78)c7ccccc67)cc5)cc4)nc(-c4ccccc4)n3)cc2)cc1. The number of hydrogen-bond acceptors (Lipinski definition) is 2. The van der Waals surface area contributed by atoms with Crippen molar-refractivity contribution in [3.05, 3.63) is 243 Å². The third-order valence-corrected chi connectivity index (χ3v) is 12.7. The number of benzene rings is 11. The zero-order valence-electron chi connectivity index (χ0n) is 35.0. The van der Waals surface area contributed by atoms with Gasteiger partial charge in [-0.3, -0.25) is 0 Å². The Balaban J connectivity index is 0.880. The molecule has 0 fully saturated rings. The summed E-state index contributed by atoms with van der Waals surface area (Å²) >= 11 is 0. The molecule has 0 aliphatic rings. The Morgan fingerprint density at radius 2 is 0.656 bits per heavy atom. The molecule has 0 N–H and O–H groups in total. The molecule has 0 aliphatic heterocycles. The molecule has 0 amide bonds. The molecule has 0 bridgehead atoms. The average molecular weight is 813 g/mol. The Bertz CT molecular complexity index is 3670. The van der Waals surface area contributed by atoms with Crippen molar-refractivity contribution in [3.63, 3.8) is 0 Å². The van der Waals surface area contributed by atoms with Crippen molar-refractivity contribution >= 4 is 43.1 Å². The van der Waals surface area contributed by atoms with Crippen molar-refractivity contribution in [1.82, 2.24) is 9.97 Å². The van der Waals surface area contributed by atoms with E-state index < -0.39 is 0 Å². The first-order chi connectivity index (χ1) is 31.7. The summed E-state index contributed by atoms with van der Waals surface area (Å²) in [6.45, 7) is 0. The molecule has 0 saturated heterocycles. The second-order valence-electron chi connectivity index (χ2n) is 16.5. The Morgan fingerprint density at radius 3 is 1.27 bits per heavy atom. The molecule has 0 saturated carbocycles. The van der Waals surface area contributed by atoms with Gasteiger partial charge in [0.2, 0.25) is 0 Å². The number of hydrogen-bond donors (Lipinski definition) is 0. The third-order valence-electron chi connectivity index (χ3n) is 12.7. The van der Waals surface area contributed by atoms with E-state index in [9.17, 15) is 0 Å².